The van der Waals surface area contributed by atoms with Crippen LogP contribution in [0.5, 0.6) is 5.75 Å². The van der Waals surface area contributed by atoms with Crippen molar-refractivity contribution in [2.75, 3.05) is 21.3 Å². The summed E-state index contributed by atoms with van der Waals surface area (Å²) < 4.78 is 16.7. The van der Waals surface area contributed by atoms with Gasteiger partial charge >= 0.3 is 96.6 Å². The van der Waals surface area contributed by atoms with Gasteiger partial charge in [0.05, 0.1) is 0 Å². The van der Waals surface area contributed by atoms with E-state index in [4.69, 9.17) is 14.2 Å². The van der Waals surface area contributed by atoms with Crippen LogP contribution in [0.15, 0.2) is 24.3 Å². The summed E-state index contributed by atoms with van der Waals surface area (Å²) in [5, 5.41) is 0.910. The summed E-state index contributed by atoms with van der Waals surface area (Å²) in [5.41, 5.74) is 0. The van der Waals surface area contributed by atoms with Crippen molar-refractivity contribution in [3.05, 3.63) is 24.3 Å². The van der Waals surface area contributed by atoms with Crippen molar-refractivity contribution >= 4 is 19.4 Å². The van der Waals surface area contributed by atoms with Crippen LogP contribution in [0.1, 0.15) is 0 Å². The van der Waals surface area contributed by atoms with Crippen molar-refractivity contribution in [3.8, 4) is 5.75 Å². The van der Waals surface area contributed by atoms with E-state index in [-0.39, 0.29) is 6.29 Å². The second-order valence-corrected chi connectivity index (χ2v) is 5.19. The Morgan fingerprint density at radius 2 is 1.93 bits per heavy atom. The third-order valence-electron chi connectivity index (χ3n) is 1.95. The number of rotatable bonds is 6. The molecule has 0 amide bonds. The summed E-state index contributed by atoms with van der Waals surface area (Å²) in [6.07, 6.45) is -0.101. The molecular formula is C11H16O3Se. The van der Waals surface area contributed by atoms with Gasteiger partial charge in [0.2, 0.25) is 0 Å². The summed E-state index contributed by atoms with van der Waals surface area (Å²) in [5.74, 6) is 0.903. The normalized spacial score (nSPS) is 10.7. The molecule has 0 aliphatic rings. The number of methoxy groups -OCH3 is 3. The Morgan fingerprint density at radius 1 is 1.20 bits per heavy atom. The number of hydrogen-bond acceptors (Lipinski definition) is 3. The molecule has 0 saturated heterocycles. The van der Waals surface area contributed by atoms with Crippen molar-refractivity contribution in [1.29, 1.82) is 0 Å². The summed E-state index contributed by atoms with van der Waals surface area (Å²) in [6.45, 7) is 0. The third kappa shape index (κ3) is 4.22. The van der Waals surface area contributed by atoms with Gasteiger partial charge in [0.25, 0.3) is 0 Å². The number of benzene rings is 1. The third-order valence-corrected chi connectivity index (χ3v) is 4.11. The Balaban J connectivity index is 2.49. The van der Waals surface area contributed by atoms with Gasteiger partial charge in [-0.15, -0.1) is 0 Å². The fourth-order valence-electron chi connectivity index (χ4n) is 1.09. The van der Waals surface area contributed by atoms with Crippen molar-refractivity contribution in [1.82, 2.24) is 0 Å². The first-order chi connectivity index (χ1) is 7.30. The molecule has 0 aromatic heterocycles. The van der Waals surface area contributed by atoms with E-state index in [0.717, 1.165) is 11.1 Å². The summed E-state index contributed by atoms with van der Waals surface area (Å²) in [4.78, 5) is 0. The van der Waals surface area contributed by atoms with Gasteiger partial charge in [-0.3, -0.25) is 0 Å². The molecule has 84 valence electrons. The van der Waals surface area contributed by atoms with E-state index < -0.39 is 0 Å². The van der Waals surface area contributed by atoms with Crippen LogP contribution < -0.4 is 9.20 Å². The molecule has 0 fully saturated rings. The molecule has 0 unspecified atom stereocenters. The van der Waals surface area contributed by atoms with Crippen LogP contribution in [0, 0.1) is 0 Å². The molecular weight excluding hydrogens is 259 g/mol. The van der Waals surface area contributed by atoms with Crippen LogP contribution in [0.2, 0.25) is 5.32 Å². The van der Waals surface area contributed by atoms with E-state index in [1.165, 1.54) is 4.46 Å². The van der Waals surface area contributed by atoms with Crippen LogP contribution >= 0.6 is 0 Å². The minimum atomic E-state index is -0.101. The van der Waals surface area contributed by atoms with Crippen LogP contribution in [-0.4, -0.2) is 42.6 Å². The molecule has 0 spiro atoms. The predicted molar refractivity (Wildman–Crippen MR) is 61.0 cm³/mol. The van der Waals surface area contributed by atoms with Gasteiger partial charge in [-0.2, -0.15) is 0 Å². The van der Waals surface area contributed by atoms with Crippen LogP contribution in [0.3, 0.4) is 0 Å². The van der Waals surface area contributed by atoms with E-state index in [1.54, 1.807) is 21.3 Å². The minimum absolute atomic E-state index is 0.101. The van der Waals surface area contributed by atoms with Gasteiger partial charge in [-0.05, 0) is 0 Å². The van der Waals surface area contributed by atoms with Gasteiger partial charge < -0.3 is 0 Å². The van der Waals surface area contributed by atoms with Crippen LogP contribution in [-0.2, 0) is 9.47 Å². The average Bonchev–Trinajstić information content (AvgIpc) is 2.31. The van der Waals surface area contributed by atoms with Crippen LogP contribution in [0.4, 0.5) is 0 Å². The molecule has 4 heteroatoms. The fourth-order valence-corrected chi connectivity index (χ4v) is 3.13. The number of ether oxygens (including phenoxy) is 3. The van der Waals surface area contributed by atoms with Gasteiger partial charge in [-0.1, -0.05) is 0 Å². The summed E-state index contributed by atoms with van der Waals surface area (Å²) in [7, 11) is 5.00. The first-order valence-electron chi connectivity index (χ1n) is 4.62. The fraction of sp³-hybridized carbons (Fsp3) is 0.455. The first-order valence-corrected chi connectivity index (χ1v) is 6.69. The van der Waals surface area contributed by atoms with Gasteiger partial charge in [-0.25, -0.2) is 0 Å². The topological polar surface area (TPSA) is 27.7 Å². The zero-order valence-corrected chi connectivity index (χ0v) is 10.9. The molecule has 0 aliphatic carbocycles. The van der Waals surface area contributed by atoms with Gasteiger partial charge in [0, 0.05) is 0 Å². The summed E-state index contributed by atoms with van der Waals surface area (Å²) in [6, 6.07) is 8.11. The molecule has 0 N–H and O–H groups in total. The van der Waals surface area contributed by atoms with Gasteiger partial charge in [0.1, 0.15) is 0 Å². The van der Waals surface area contributed by atoms with E-state index in [9.17, 15) is 0 Å². The quantitative estimate of drug-likeness (QED) is 0.574. The Morgan fingerprint density at radius 3 is 2.53 bits per heavy atom. The van der Waals surface area contributed by atoms with E-state index in [1.807, 2.05) is 12.1 Å². The molecule has 15 heavy (non-hydrogen) atoms. The van der Waals surface area contributed by atoms with Crippen LogP contribution in [0.25, 0.3) is 0 Å². The summed E-state index contributed by atoms with van der Waals surface area (Å²) >= 11 is 0.352. The molecule has 0 atom stereocenters. The Bertz CT molecular complexity index is 287. The second kappa shape index (κ2) is 6.85. The standard InChI is InChI=1S/C11H16O3Se/c1-12-9-5-4-6-10(7-9)15-8-11(13-2)14-3/h4-7,11H,8H2,1-3H3. The predicted octanol–water partition coefficient (Wildman–Crippen LogP) is 1.06. The van der Waals surface area contributed by atoms with E-state index in [2.05, 4.69) is 12.1 Å². The molecule has 0 aliphatic heterocycles. The molecule has 0 heterocycles. The van der Waals surface area contributed by atoms with E-state index in [0.29, 0.717) is 15.0 Å². The molecule has 3 nitrogen and oxygen atoms in total. The molecule has 1 aromatic carbocycles. The van der Waals surface area contributed by atoms with Gasteiger partial charge in [0.15, 0.2) is 0 Å². The van der Waals surface area contributed by atoms with Crippen molar-refractivity contribution in [2.45, 2.75) is 11.6 Å². The Kier molecular flexibility index (Phi) is 5.73. The SMILES string of the molecule is COc1cccc([Se]CC(OC)OC)c1. The Hall–Kier alpha value is -0.541. The monoisotopic (exact) mass is 276 g/mol. The average molecular weight is 275 g/mol. The molecule has 0 saturated carbocycles. The molecule has 0 radical (unpaired) electrons. The van der Waals surface area contributed by atoms with Crippen molar-refractivity contribution < 1.29 is 14.2 Å². The van der Waals surface area contributed by atoms with Crippen molar-refractivity contribution in [2.24, 2.45) is 0 Å². The molecule has 1 aromatic rings. The second-order valence-electron chi connectivity index (χ2n) is 2.89. The zero-order chi connectivity index (χ0) is 11.1. The maximum atomic E-state index is 5.16. The van der Waals surface area contributed by atoms with Crippen molar-refractivity contribution in [3.63, 3.8) is 0 Å². The Labute approximate surface area is 96.9 Å². The van der Waals surface area contributed by atoms with E-state index >= 15 is 0 Å². The zero-order valence-electron chi connectivity index (χ0n) is 9.23. The first kappa shape index (κ1) is 12.5. The number of hydrogen-bond donors (Lipinski definition) is 0. The molecule has 0 bridgehead atoms. The molecule has 1 rings (SSSR count). The maximum absolute atomic E-state index is 5.16.